The van der Waals surface area contributed by atoms with Gasteiger partial charge in [0, 0.05) is 17.9 Å². The van der Waals surface area contributed by atoms with Gasteiger partial charge < -0.3 is 5.73 Å². The van der Waals surface area contributed by atoms with Crippen molar-refractivity contribution in [2.75, 3.05) is 0 Å². The summed E-state index contributed by atoms with van der Waals surface area (Å²) in [5, 5.41) is 0. The molecule has 2 saturated carbocycles. The Hall–Kier alpha value is -0.890. The van der Waals surface area contributed by atoms with Gasteiger partial charge in [0.05, 0.1) is 0 Å². The molecular formula is C14H20N2. The van der Waals surface area contributed by atoms with Crippen LogP contribution >= 0.6 is 0 Å². The highest BCUT2D eigenvalue weighted by Gasteiger charge is 2.52. The van der Waals surface area contributed by atoms with E-state index >= 15 is 0 Å². The minimum absolute atomic E-state index is 0.0553. The third-order valence-electron chi connectivity index (χ3n) is 4.55. The highest BCUT2D eigenvalue weighted by molar-refractivity contribution is 5.27. The van der Waals surface area contributed by atoms with E-state index in [4.69, 9.17) is 5.73 Å². The van der Waals surface area contributed by atoms with Gasteiger partial charge in [0.15, 0.2) is 0 Å². The van der Waals surface area contributed by atoms with Crippen molar-refractivity contribution in [1.29, 1.82) is 0 Å². The largest absolute Gasteiger partial charge is 0.321 e. The lowest BCUT2D eigenvalue weighted by Gasteiger charge is -2.56. The lowest BCUT2D eigenvalue weighted by Crippen LogP contribution is -2.56. The summed E-state index contributed by atoms with van der Waals surface area (Å²) in [6, 6.07) is 4.16. The molecule has 16 heavy (non-hydrogen) atoms. The van der Waals surface area contributed by atoms with Crippen LogP contribution in [-0.4, -0.2) is 4.98 Å². The Morgan fingerprint density at radius 1 is 1.00 bits per heavy atom. The van der Waals surface area contributed by atoms with Crippen LogP contribution in [-0.2, 0) is 5.54 Å². The first-order valence-electron chi connectivity index (χ1n) is 6.42. The fourth-order valence-corrected chi connectivity index (χ4v) is 3.83. The molecule has 1 aromatic heterocycles. The van der Waals surface area contributed by atoms with Crippen LogP contribution in [0.3, 0.4) is 0 Å². The van der Waals surface area contributed by atoms with E-state index in [9.17, 15) is 0 Å². The molecular weight excluding hydrogens is 196 g/mol. The number of aromatic nitrogens is 1. The van der Waals surface area contributed by atoms with Crippen molar-refractivity contribution >= 4 is 0 Å². The summed E-state index contributed by atoms with van der Waals surface area (Å²) in [6.07, 6.45) is 13.1. The van der Waals surface area contributed by atoms with Crippen molar-refractivity contribution in [3.8, 4) is 0 Å². The molecule has 1 heterocycles. The summed E-state index contributed by atoms with van der Waals surface area (Å²) >= 11 is 0. The van der Waals surface area contributed by atoms with Gasteiger partial charge in [0.1, 0.15) is 0 Å². The predicted octanol–water partition coefficient (Wildman–Crippen LogP) is 2.98. The number of hydrogen-bond donors (Lipinski definition) is 1. The first kappa shape index (κ1) is 10.3. The summed E-state index contributed by atoms with van der Waals surface area (Å²) in [5.41, 5.74) is 8.32. The van der Waals surface area contributed by atoms with Crippen LogP contribution in [0.25, 0.3) is 0 Å². The fraction of sp³-hybridized carbons (Fsp3) is 0.643. The van der Waals surface area contributed by atoms with Gasteiger partial charge in [-0.05, 0) is 48.8 Å². The number of nitrogens with two attached hydrogens (primary N) is 1. The molecule has 2 aliphatic carbocycles. The quantitative estimate of drug-likeness (QED) is 0.783. The highest BCUT2D eigenvalue weighted by Crippen LogP contribution is 2.59. The smallest absolute Gasteiger partial charge is 0.0421 e. The highest BCUT2D eigenvalue weighted by atomic mass is 14.8. The molecule has 3 rings (SSSR count). The average molecular weight is 216 g/mol. The van der Waals surface area contributed by atoms with E-state index < -0.39 is 0 Å². The minimum atomic E-state index is -0.0553. The molecule has 2 fully saturated rings. The van der Waals surface area contributed by atoms with E-state index in [0.717, 1.165) is 0 Å². The molecule has 0 atom stereocenters. The van der Waals surface area contributed by atoms with Crippen LogP contribution in [0.4, 0.5) is 0 Å². The van der Waals surface area contributed by atoms with Gasteiger partial charge in [-0.1, -0.05) is 19.3 Å². The second kappa shape index (κ2) is 3.56. The molecule has 0 bridgehead atoms. The number of nitrogens with zero attached hydrogens (tertiary/aromatic N) is 1. The molecule has 0 radical (unpaired) electrons. The summed E-state index contributed by atoms with van der Waals surface area (Å²) in [5.74, 6) is 0. The fourth-order valence-electron chi connectivity index (χ4n) is 3.83. The minimum Gasteiger partial charge on any atom is -0.321 e. The maximum atomic E-state index is 6.50. The SMILES string of the molecule is NC1(c2ccncc2)CC2(CCCCC2)C1. The lowest BCUT2D eigenvalue weighted by atomic mass is 9.51. The molecule has 2 N–H and O–H groups in total. The van der Waals surface area contributed by atoms with Crippen molar-refractivity contribution in [3.05, 3.63) is 30.1 Å². The molecule has 1 spiro atoms. The van der Waals surface area contributed by atoms with Crippen molar-refractivity contribution < 1.29 is 0 Å². The van der Waals surface area contributed by atoms with Gasteiger partial charge in [-0.15, -0.1) is 0 Å². The third-order valence-corrected chi connectivity index (χ3v) is 4.55. The number of rotatable bonds is 1. The Kier molecular flexibility index (Phi) is 2.28. The second-order valence-corrected chi connectivity index (χ2v) is 5.81. The molecule has 0 aromatic carbocycles. The molecule has 0 unspecified atom stereocenters. The summed E-state index contributed by atoms with van der Waals surface area (Å²) in [4.78, 5) is 4.07. The van der Waals surface area contributed by atoms with Crippen LogP contribution < -0.4 is 5.73 Å². The Labute approximate surface area is 97.3 Å². The molecule has 1 aromatic rings. The van der Waals surface area contributed by atoms with Crippen LogP contribution in [0.5, 0.6) is 0 Å². The second-order valence-electron chi connectivity index (χ2n) is 5.81. The van der Waals surface area contributed by atoms with Gasteiger partial charge in [-0.3, -0.25) is 4.98 Å². The van der Waals surface area contributed by atoms with Crippen LogP contribution in [0, 0.1) is 5.41 Å². The first-order valence-corrected chi connectivity index (χ1v) is 6.42. The third kappa shape index (κ3) is 1.56. The Morgan fingerprint density at radius 2 is 1.62 bits per heavy atom. The maximum Gasteiger partial charge on any atom is 0.0421 e. The summed E-state index contributed by atoms with van der Waals surface area (Å²) in [6.45, 7) is 0. The van der Waals surface area contributed by atoms with Crippen LogP contribution in [0.1, 0.15) is 50.5 Å². The zero-order valence-corrected chi connectivity index (χ0v) is 9.78. The topological polar surface area (TPSA) is 38.9 Å². The van der Waals surface area contributed by atoms with E-state index in [1.54, 1.807) is 0 Å². The summed E-state index contributed by atoms with van der Waals surface area (Å²) in [7, 11) is 0. The molecule has 2 aliphatic rings. The zero-order chi connectivity index (χ0) is 11.1. The maximum absolute atomic E-state index is 6.50. The molecule has 0 aliphatic heterocycles. The Morgan fingerprint density at radius 3 is 2.25 bits per heavy atom. The molecule has 2 nitrogen and oxygen atoms in total. The van der Waals surface area contributed by atoms with Crippen molar-refractivity contribution in [1.82, 2.24) is 4.98 Å². The van der Waals surface area contributed by atoms with Crippen LogP contribution in [0.15, 0.2) is 24.5 Å². The normalized spacial score (nSPS) is 26.3. The van der Waals surface area contributed by atoms with Crippen LogP contribution in [0.2, 0.25) is 0 Å². The molecule has 0 amide bonds. The van der Waals surface area contributed by atoms with Gasteiger partial charge >= 0.3 is 0 Å². The monoisotopic (exact) mass is 216 g/mol. The van der Waals surface area contributed by atoms with Crippen molar-refractivity contribution in [2.45, 2.75) is 50.5 Å². The van der Waals surface area contributed by atoms with Gasteiger partial charge in [-0.25, -0.2) is 0 Å². The van der Waals surface area contributed by atoms with Gasteiger partial charge in [0.2, 0.25) is 0 Å². The first-order chi connectivity index (χ1) is 7.73. The molecule has 86 valence electrons. The lowest BCUT2D eigenvalue weighted by molar-refractivity contribution is -0.00994. The average Bonchev–Trinajstić information content (AvgIpc) is 2.30. The number of hydrogen-bond acceptors (Lipinski definition) is 2. The van der Waals surface area contributed by atoms with E-state index in [1.807, 2.05) is 12.4 Å². The Balaban J connectivity index is 1.75. The predicted molar refractivity (Wildman–Crippen MR) is 64.9 cm³/mol. The van der Waals surface area contributed by atoms with Gasteiger partial charge in [-0.2, -0.15) is 0 Å². The summed E-state index contributed by atoms with van der Waals surface area (Å²) < 4.78 is 0. The van der Waals surface area contributed by atoms with E-state index in [2.05, 4.69) is 17.1 Å². The van der Waals surface area contributed by atoms with E-state index in [0.29, 0.717) is 5.41 Å². The van der Waals surface area contributed by atoms with E-state index in [-0.39, 0.29) is 5.54 Å². The number of pyridine rings is 1. The van der Waals surface area contributed by atoms with E-state index in [1.165, 1.54) is 50.5 Å². The standard InChI is InChI=1S/C14H20N2/c15-14(12-4-8-16-9-5-12)10-13(11-14)6-2-1-3-7-13/h4-5,8-9H,1-3,6-7,10-11,15H2. The van der Waals surface area contributed by atoms with Crippen molar-refractivity contribution in [3.63, 3.8) is 0 Å². The van der Waals surface area contributed by atoms with Gasteiger partial charge in [0.25, 0.3) is 0 Å². The Bertz CT molecular complexity index is 358. The molecule has 0 saturated heterocycles. The molecule has 2 heteroatoms. The zero-order valence-electron chi connectivity index (χ0n) is 9.78. The van der Waals surface area contributed by atoms with Crippen molar-refractivity contribution in [2.24, 2.45) is 11.1 Å².